The number of hydrogen-bond acceptors (Lipinski definition) is 7. The molecule has 1 saturated heterocycles. The van der Waals surface area contributed by atoms with Gasteiger partial charge in [0.15, 0.2) is 0 Å². The summed E-state index contributed by atoms with van der Waals surface area (Å²) in [6, 6.07) is 20.6. The van der Waals surface area contributed by atoms with Crippen LogP contribution in [0.2, 0.25) is 5.02 Å². The maximum absolute atomic E-state index is 14.1. The van der Waals surface area contributed by atoms with Crippen LogP contribution in [0.1, 0.15) is 29.2 Å². The van der Waals surface area contributed by atoms with Gasteiger partial charge in [-0.15, -0.1) is 11.8 Å². The van der Waals surface area contributed by atoms with Gasteiger partial charge in [-0.2, -0.15) is 5.10 Å². The summed E-state index contributed by atoms with van der Waals surface area (Å²) in [5.74, 6) is 2.44. The summed E-state index contributed by atoms with van der Waals surface area (Å²) in [4.78, 5) is 31.1. The fourth-order valence-corrected chi connectivity index (χ4v) is 7.07. The number of carbonyl (C=O) groups excluding carboxylic acids is 2. The zero-order valence-corrected chi connectivity index (χ0v) is 26.4. The van der Waals surface area contributed by atoms with E-state index in [1.54, 1.807) is 30.9 Å². The van der Waals surface area contributed by atoms with Crippen molar-refractivity contribution in [1.29, 1.82) is 0 Å². The van der Waals surface area contributed by atoms with Gasteiger partial charge in [-0.25, -0.2) is 4.68 Å². The molecule has 1 aromatic heterocycles. The van der Waals surface area contributed by atoms with Crippen molar-refractivity contribution in [1.82, 2.24) is 14.7 Å². The normalized spacial score (nSPS) is 16.5. The Morgan fingerprint density at radius 2 is 1.61 bits per heavy atom. The summed E-state index contributed by atoms with van der Waals surface area (Å²) in [6.45, 7) is 1.30. The third-order valence-corrected chi connectivity index (χ3v) is 9.48. The van der Waals surface area contributed by atoms with Crippen LogP contribution in [0.3, 0.4) is 0 Å². The van der Waals surface area contributed by atoms with Crippen LogP contribution < -0.4 is 19.1 Å². The number of benzene rings is 3. The maximum atomic E-state index is 14.1. The number of rotatable bonds is 8. The van der Waals surface area contributed by atoms with Crippen LogP contribution in [-0.4, -0.2) is 73.2 Å². The number of fused-ring (bicyclic) bond motifs is 1. The standard InChI is InChI=1S/C33H33ClN4O5S/c1-41-24-12-10-23(11-13-24)38-33-30(31(35-38)21-6-8-22(34)9-7-21)32(26-18-25(42-2)14-15-27(26)43-3)44-20-29(40)37(33)19-28(39)36-16-4-5-17-36/h6-15,18,32H,4-5,16-17,19-20H2,1-3H3/t32-/m1/s1. The number of thioether (sulfide) groups is 1. The van der Waals surface area contributed by atoms with Gasteiger partial charge in [0.25, 0.3) is 0 Å². The fourth-order valence-electron chi connectivity index (χ4n) is 5.74. The molecule has 3 heterocycles. The van der Waals surface area contributed by atoms with Crippen LogP contribution in [0.25, 0.3) is 16.9 Å². The first kappa shape index (κ1) is 29.9. The minimum absolute atomic E-state index is 0.0836. The van der Waals surface area contributed by atoms with Crippen molar-refractivity contribution in [3.8, 4) is 34.2 Å². The number of nitrogens with zero attached hydrogens (tertiary/aromatic N) is 4. The van der Waals surface area contributed by atoms with Gasteiger partial charge in [0.1, 0.15) is 29.6 Å². The molecular formula is C33H33ClN4O5S. The molecule has 1 atom stereocenters. The van der Waals surface area contributed by atoms with Gasteiger partial charge in [-0.05, 0) is 67.4 Å². The largest absolute Gasteiger partial charge is 0.497 e. The second kappa shape index (κ2) is 12.8. The molecule has 1 fully saturated rings. The molecule has 44 heavy (non-hydrogen) atoms. The van der Waals surface area contributed by atoms with Crippen molar-refractivity contribution in [3.63, 3.8) is 0 Å². The maximum Gasteiger partial charge on any atom is 0.242 e. The summed E-state index contributed by atoms with van der Waals surface area (Å²) in [6.07, 6.45) is 1.92. The summed E-state index contributed by atoms with van der Waals surface area (Å²) in [7, 11) is 4.86. The molecular weight excluding hydrogens is 600 g/mol. The first-order chi connectivity index (χ1) is 21.4. The minimum atomic E-state index is -0.386. The van der Waals surface area contributed by atoms with Gasteiger partial charge in [0.05, 0.1) is 43.7 Å². The highest BCUT2D eigenvalue weighted by Crippen LogP contribution is 2.51. The third kappa shape index (κ3) is 5.71. The fraction of sp³-hybridized carbons (Fsp3) is 0.303. The van der Waals surface area contributed by atoms with E-state index in [9.17, 15) is 9.59 Å². The van der Waals surface area contributed by atoms with E-state index in [1.807, 2.05) is 71.6 Å². The van der Waals surface area contributed by atoms with Gasteiger partial charge < -0.3 is 19.1 Å². The van der Waals surface area contributed by atoms with E-state index in [4.69, 9.17) is 30.9 Å². The first-order valence-corrected chi connectivity index (χ1v) is 15.8. The Labute approximate surface area is 265 Å². The second-order valence-corrected chi connectivity index (χ2v) is 12.1. The predicted octanol–water partition coefficient (Wildman–Crippen LogP) is 6.01. The van der Waals surface area contributed by atoms with Crippen molar-refractivity contribution >= 4 is 41.0 Å². The molecule has 0 aliphatic carbocycles. The lowest BCUT2D eigenvalue weighted by atomic mass is 9.98. The van der Waals surface area contributed by atoms with E-state index in [0.717, 1.165) is 35.2 Å². The van der Waals surface area contributed by atoms with Crippen molar-refractivity contribution < 1.29 is 23.8 Å². The highest BCUT2D eigenvalue weighted by molar-refractivity contribution is 8.00. The number of likely N-dealkylation sites (tertiary alicyclic amines) is 1. The average Bonchev–Trinajstić information content (AvgIpc) is 3.71. The molecule has 0 spiro atoms. The number of hydrogen-bond donors (Lipinski definition) is 0. The molecule has 228 valence electrons. The lowest BCUT2D eigenvalue weighted by molar-refractivity contribution is -0.130. The van der Waals surface area contributed by atoms with E-state index in [0.29, 0.717) is 46.9 Å². The van der Waals surface area contributed by atoms with E-state index in [-0.39, 0.29) is 29.4 Å². The lowest BCUT2D eigenvalue weighted by Crippen LogP contribution is -2.43. The lowest BCUT2D eigenvalue weighted by Gasteiger charge is -2.26. The number of ether oxygens (including phenoxy) is 3. The van der Waals surface area contributed by atoms with Crippen molar-refractivity contribution in [2.75, 3.05) is 51.6 Å². The van der Waals surface area contributed by atoms with Crippen molar-refractivity contribution in [2.45, 2.75) is 18.1 Å². The number of carbonyl (C=O) groups is 2. The van der Waals surface area contributed by atoms with Gasteiger partial charge in [-0.1, -0.05) is 23.7 Å². The molecule has 2 aliphatic rings. The molecule has 2 amide bonds. The molecule has 0 bridgehead atoms. The van der Waals surface area contributed by atoms with Crippen molar-refractivity contribution in [2.24, 2.45) is 0 Å². The van der Waals surface area contributed by atoms with E-state index in [2.05, 4.69) is 0 Å². The van der Waals surface area contributed by atoms with Crippen LogP contribution >= 0.6 is 23.4 Å². The molecule has 2 aliphatic heterocycles. The summed E-state index contributed by atoms with van der Waals surface area (Å²) in [5, 5.41) is 5.37. The molecule has 0 radical (unpaired) electrons. The predicted molar refractivity (Wildman–Crippen MR) is 173 cm³/mol. The Hall–Kier alpha value is -4.15. The second-order valence-electron chi connectivity index (χ2n) is 10.6. The Bertz CT molecular complexity index is 1670. The zero-order valence-electron chi connectivity index (χ0n) is 24.8. The molecule has 3 aromatic carbocycles. The summed E-state index contributed by atoms with van der Waals surface area (Å²) >= 11 is 7.77. The Morgan fingerprint density at radius 1 is 0.932 bits per heavy atom. The van der Waals surface area contributed by atoms with Gasteiger partial charge in [0, 0.05) is 34.8 Å². The molecule has 4 aromatic rings. The van der Waals surface area contributed by atoms with Crippen LogP contribution in [0.15, 0.2) is 66.7 Å². The Morgan fingerprint density at radius 3 is 2.27 bits per heavy atom. The van der Waals surface area contributed by atoms with Crippen LogP contribution in [0, 0.1) is 0 Å². The Kier molecular flexibility index (Phi) is 8.72. The smallest absolute Gasteiger partial charge is 0.242 e. The summed E-state index contributed by atoms with van der Waals surface area (Å²) < 4.78 is 18.6. The van der Waals surface area contributed by atoms with Gasteiger partial charge in [-0.3, -0.25) is 14.5 Å². The first-order valence-electron chi connectivity index (χ1n) is 14.4. The highest BCUT2D eigenvalue weighted by atomic mass is 35.5. The molecule has 0 unspecified atom stereocenters. The number of aromatic nitrogens is 2. The van der Waals surface area contributed by atoms with E-state index >= 15 is 0 Å². The zero-order chi connectivity index (χ0) is 30.8. The SMILES string of the molecule is COc1ccc(-n2nc(-c3ccc(Cl)cc3)c3c2N(CC(=O)N2CCCC2)C(=O)CS[C@@H]3c2cc(OC)ccc2OC)cc1. The quantitative estimate of drug-likeness (QED) is 0.235. The topological polar surface area (TPSA) is 86.1 Å². The van der Waals surface area contributed by atoms with Crippen LogP contribution in [-0.2, 0) is 9.59 Å². The number of anilines is 1. The number of amides is 2. The Balaban J connectivity index is 1.63. The number of halogens is 1. The van der Waals surface area contributed by atoms with Crippen LogP contribution in [0.5, 0.6) is 17.2 Å². The molecule has 11 heteroatoms. The number of methoxy groups -OCH3 is 3. The monoisotopic (exact) mass is 632 g/mol. The third-order valence-electron chi connectivity index (χ3n) is 8.00. The molecule has 9 nitrogen and oxygen atoms in total. The van der Waals surface area contributed by atoms with Gasteiger partial charge >= 0.3 is 0 Å². The average molecular weight is 633 g/mol. The van der Waals surface area contributed by atoms with E-state index in [1.165, 1.54) is 11.8 Å². The van der Waals surface area contributed by atoms with E-state index < -0.39 is 0 Å². The molecule has 0 saturated carbocycles. The van der Waals surface area contributed by atoms with Gasteiger partial charge in [0.2, 0.25) is 11.8 Å². The van der Waals surface area contributed by atoms with Crippen LogP contribution in [0.4, 0.5) is 5.82 Å². The molecule has 6 rings (SSSR count). The highest BCUT2D eigenvalue weighted by Gasteiger charge is 2.39. The minimum Gasteiger partial charge on any atom is -0.497 e. The van der Waals surface area contributed by atoms with Crippen molar-refractivity contribution in [3.05, 3.63) is 82.9 Å². The summed E-state index contributed by atoms with van der Waals surface area (Å²) in [5.41, 5.74) is 3.84. The molecule has 0 N–H and O–H groups in total.